The Balaban J connectivity index is 3.92. The number of carbonyl (C=O) groups is 2. The van der Waals surface area contributed by atoms with Crippen molar-refractivity contribution >= 4 is 19.8 Å². The molecule has 2 atom stereocenters. The average molecular weight is 1180 g/mol. The van der Waals surface area contributed by atoms with Crippen molar-refractivity contribution < 1.29 is 37.6 Å². The molecule has 83 heavy (non-hydrogen) atoms. The SMILES string of the molecule is CC/C=C\C/C=C\C/C=C\C/C=C\C/C=C\C/C=C\C/C=C\CCCCCCCCCCCC(=O)OC(COC(=O)CCCCCCCCCCCCCCCCCCCCC/C=C\C/C=C\CCCCCCC)COP(=O)(O)OCCN. The predicted octanol–water partition coefficient (Wildman–Crippen LogP) is 22.5. The minimum atomic E-state index is -4.40. The van der Waals surface area contributed by atoms with Crippen molar-refractivity contribution in [1.82, 2.24) is 0 Å². The van der Waals surface area contributed by atoms with Gasteiger partial charge in [-0.2, -0.15) is 0 Å². The molecular weight excluding hydrogens is 1050 g/mol. The molecule has 0 fully saturated rings. The van der Waals surface area contributed by atoms with Crippen LogP contribution in [0.1, 0.15) is 309 Å². The molecule has 0 aliphatic carbocycles. The molecule has 10 heteroatoms. The van der Waals surface area contributed by atoms with Gasteiger partial charge in [-0.1, -0.05) is 303 Å². The molecule has 9 nitrogen and oxygen atoms in total. The van der Waals surface area contributed by atoms with Crippen LogP contribution in [-0.2, 0) is 32.7 Å². The third kappa shape index (κ3) is 67.7. The lowest BCUT2D eigenvalue weighted by Crippen LogP contribution is -2.29. The molecule has 2 unspecified atom stereocenters. The molecule has 0 bridgehead atoms. The van der Waals surface area contributed by atoms with Gasteiger partial charge in [0.2, 0.25) is 0 Å². The summed E-state index contributed by atoms with van der Waals surface area (Å²) in [6.07, 6.45) is 93.1. The molecule has 0 aliphatic rings. The van der Waals surface area contributed by atoms with E-state index in [0.29, 0.717) is 6.42 Å². The Morgan fingerprint density at radius 3 is 0.988 bits per heavy atom. The first-order valence-corrected chi connectivity index (χ1v) is 35.9. The molecule has 0 saturated carbocycles. The Morgan fingerprint density at radius 2 is 0.663 bits per heavy atom. The van der Waals surface area contributed by atoms with Crippen molar-refractivity contribution in [2.45, 2.75) is 315 Å². The van der Waals surface area contributed by atoms with Crippen molar-refractivity contribution in [2.24, 2.45) is 5.73 Å². The highest BCUT2D eigenvalue weighted by Crippen LogP contribution is 2.43. The summed E-state index contributed by atoms with van der Waals surface area (Å²) in [6.45, 7) is 3.64. The van der Waals surface area contributed by atoms with E-state index in [4.69, 9.17) is 24.3 Å². The molecule has 478 valence electrons. The van der Waals surface area contributed by atoms with Crippen molar-refractivity contribution in [3.8, 4) is 0 Å². The van der Waals surface area contributed by atoms with E-state index in [1.807, 2.05) is 0 Å². The molecule has 3 N–H and O–H groups in total. The first-order chi connectivity index (χ1) is 40.8. The molecule has 0 radical (unpaired) electrons. The summed E-state index contributed by atoms with van der Waals surface area (Å²) in [5.74, 6) is -0.829. The minimum absolute atomic E-state index is 0.0486. The van der Waals surface area contributed by atoms with E-state index in [1.54, 1.807) is 0 Å². The predicted molar refractivity (Wildman–Crippen MR) is 358 cm³/mol. The fourth-order valence-electron chi connectivity index (χ4n) is 9.59. The van der Waals surface area contributed by atoms with Gasteiger partial charge in [-0.05, 0) is 103 Å². The molecule has 0 aromatic rings. The van der Waals surface area contributed by atoms with Crippen molar-refractivity contribution in [3.63, 3.8) is 0 Å². The zero-order valence-corrected chi connectivity index (χ0v) is 54.5. The molecule has 0 spiro atoms. The van der Waals surface area contributed by atoms with Gasteiger partial charge in [0.25, 0.3) is 0 Å². The summed E-state index contributed by atoms with van der Waals surface area (Å²) in [6, 6.07) is 0. The highest BCUT2D eigenvalue weighted by Gasteiger charge is 2.26. The Kier molecular flexibility index (Phi) is 65.1. The van der Waals surface area contributed by atoms with E-state index < -0.39 is 26.5 Å². The van der Waals surface area contributed by atoms with E-state index in [9.17, 15) is 19.0 Å². The van der Waals surface area contributed by atoms with E-state index in [0.717, 1.165) is 96.3 Å². The Bertz CT molecular complexity index is 1730. The van der Waals surface area contributed by atoms with Crippen molar-refractivity contribution in [1.29, 1.82) is 0 Å². The maximum absolute atomic E-state index is 12.8. The zero-order chi connectivity index (χ0) is 60.1. The number of nitrogens with two attached hydrogens (primary N) is 1. The number of hydrogen-bond donors (Lipinski definition) is 2. The van der Waals surface area contributed by atoms with Gasteiger partial charge in [0.15, 0.2) is 6.10 Å². The van der Waals surface area contributed by atoms with Crippen LogP contribution in [0.25, 0.3) is 0 Å². The molecule has 0 aromatic carbocycles. The maximum Gasteiger partial charge on any atom is 0.472 e. The summed E-state index contributed by atoms with van der Waals surface area (Å²) in [7, 11) is -4.40. The Labute approximate surface area is 511 Å². The molecule has 0 aromatic heterocycles. The molecular formula is C73H128NO8P. The summed E-state index contributed by atoms with van der Waals surface area (Å²) < 4.78 is 33.2. The standard InChI is InChI=1S/C73H128NO8P/c1-3-5-7-9-11-13-15-17-19-21-23-25-27-29-31-33-35-37-39-41-43-45-47-49-51-53-55-57-59-61-63-65-72(75)79-69-71(70-81-83(77,78)80-68-67-74)82-73(76)66-64-62-60-58-56-54-52-50-48-46-44-42-40-38-36-34-32-30-28-26-24-22-20-18-16-14-12-10-8-6-4-2/h6,8,12,14-15,17-18,20-21,23-24,26,30,32,36,38,42,44,71H,3-5,7,9-11,13,16,19,22,25,27-29,31,33-35,37,39-41,43,45-70,74H2,1-2H3,(H,77,78)/b8-6-,14-12-,17-15-,20-18-,23-21-,26-24-,32-30-,38-36-,44-42-. The van der Waals surface area contributed by atoms with Crippen LogP contribution in [0.2, 0.25) is 0 Å². The fourth-order valence-corrected chi connectivity index (χ4v) is 10.4. The lowest BCUT2D eigenvalue weighted by Gasteiger charge is -2.19. The van der Waals surface area contributed by atoms with Crippen molar-refractivity contribution in [2.75, 3.05) is 26.4 Å². The van der Waals surface area contributed by atoms with Gasteiger partial charge in [-0.25, -0.2) is 4.57 Å². The van der Waals surface area contributed by atoms with Crippen LogP contribution >= 0.6 is 7.82 Å². The monoisotopic (exact) mass is 1180 g/mol. The van der Waals surface area contributed by atoms with Crippen LogP contribution in [0.5, 0.6) is 0 Å². The number of phosphoric acid groups is 1. The van der Waals surface area contributed by atoms with Gasteiger partial charge in [-0.3, -0.25) is 18.6 Å². The van der Waals surface area contributed by atoms with Crippen LogP contribution < -0.4 is 5.73 Å². The first-order valence-electron chi connectivity index (χ1n) is 34.4. The van der Waals surface area contributed by atoms with Gasteiger partial charge >= 0.3 is 19.8 Å². The van der Waals surface area contributed by atoms with Gasteiger partial charge in [0.05, 0.1) is 13.2 Å². The Hall–Kier alpha value is -3.33. The van der Waals surface area contributed by atoms with Crippen LogP contribution in [0, 0.1) is 0 Å². The normalized spacial score (nSPS) is 13.6. The zero-order valence-electron chi connectivity index (χ0n) is 53.7. The first kappa shape index (κ1) is 79.7. The summed E-state index contributed by atoms with van der Waals surface area (Å²) in [5.41, 5.74) is 5.40. The topological polar surface area (TPSA) is 134 Å². The summed E-state index contributed by atoms with van der Waals surface area (Å²) >= 11 is 0. The smallest absolute Gasteiger partial charge is 0.462 e. The highest BCUT2D eigenvalue weighted by atomic mass is 31.2. The lowest BCUT2D eigenvalue weighted by molar-refractivity contribution is -0.161. The second kappa shape index (κ2) is 67.8. The van der Waals surface area contributed by atoms with Gasteiger partial charge in [0.1, 0.15) is 6.61 Å². The van der Waals surface area contributed by atoms with Gasteiger partial charge in [0, 0.05) is 19.4 Å². The fraction of sp³-hybridized carbons (Fsp3) is 0.726. The Morgan fingerprint density at radius 1 is 0.373 bits per heavy atom. The molecule has 0 amide bonds. The van der Waals surface area contributed by atoms with Crippen LogP contribution in [0.3, 0.4) is 0 Å². The number of allylic oxidation sites excluding steroid dienone is 18. The second-order valence-corrected chi connectivity index (χ2v) is 24.1. The van der Waals surface area contributed by atoms with Gasteiger partial charge in [-0.15, -0.1) is 0 Å². The second-order valence-electron chi connectivity index (χ2n) is 22.7. The van der Waals surface area contributed by atoms with Gasteiger partial charge < -0.3 is 20.1 Å². The third-order valence-corrected chi connectivity index (χ3v) is 15.6. The van der Waals surface area contributed by atoms with Crippen LogP contribution in [-0.4, -0.2) is 49.3 Å². The minimum Gasteiger partial charge on any atom is -0.462 e. The van der Waals surface area contributed by atoms with Crippen LogP contribution in [0.4, 0.5) is 0 Å². The summed E-state index contributed by atoms with van der Waals surface area (Å²) in [5, 5.41) is 0. The number of carbonyl (C=O) groups excluding carboxylic acids is 2. The van der Waals surface area contributed by atoms with E-state index >= 15 is 0 Å². The number of hydrogen-bond acceptors (Lipinski definition) is 8. The molecule has 0 heterocycles. The highest BCUT2D eigenvalue weighted by molar-refractivity contribution is 7.47. The quantitative estimate of drug-likeness (QED) is 0.0264. The third-order valence-electron chi connectivity index (χ3n) is 14.6. The van der Waals surface area contributed by atoms with E-state index in [-0.39, 0.29) is 38.6 Å². The van der Waals surface area contributed by atoms with Crippen molar-refractivity contribution in [3.05, 3.63) is 109 Å². The number of phosphoric ester groups is 1. The largest absolute Gasteiger partial charge is 0.472 e. The lowest BCUT2D eigenvalue weighted by atomic mass is 10.0. The summed E-state index contributed by atoms with van der Waals surface area (Å²) in [4.78, 5) is 35.4. The maximum atomic E-state index is 12.8. The van der Waals surface area contributed by atoms with E-state index in [2.05, 4.69) is 123 Å². The van der Waals surface area contributed by atoms with Crippen LogP contribution in [0.15, 0.2) is 109 Å². The molecule has 0 aliphatic heterocycles. The number of unbranched alkanes of at least 4 members (excludes halogenated alkanes) is 33. The molecule has 0 rings (SSSR count). The number of esters is 2. The average Bonchev–Trinajstić information content (AvgIpc) is 3.48. The number of ether oxygens (including phenoxy) is 2. The molecule has 0 saturated heterocycles. The van der Waals surface area contributed by atoms with E-state index in [1.165, 1.54) is 180 Å². The number of rotatable bonds is 64.